The number of ketones is 2. The van der Waals surface area contributed by atoms with Crippen LogP contribution in [0.3, 0.4) is 0 Å². The Morgan fingerprint density at radius 2 is 0.774 bits per heavy atom. The van der Waals surface area contributed by atoms with Crippen molar-refractivity contribution in [1.82, 2.24) is 0 Å². The van der Waals surface area contributed by atoms with Gasteiger partial charge in [0.25, 0.3) is 0 Å². The summed E-state index contributed by atoms with van der Waals surface area (Å²) < 4.78 is 0. The largest absolute Gasteiger partial charge is 0.508 e. The fourth-order valence-electron chi connectivity index (χ4n) is 26.0. The molecule has 7 heteroatoms. The van der Waals surface area contributed by atoms with E-state index in [4.69, 9.17) is 0 Å². The summed E-state index contributed by atoms with van der Waals surface area (Å²) >= 11 is 0. The van der Waals surface area contributed by atoms with Crippen LogP contribution in [0.4, 0.5) is 0 Å². The lowest BCUT2D eigenvalue weighted by atomic mass is 9.47. The fraction of sp³-hybridized carbons (Fsp3) is 0.727. The number of phenols is 3. The number of carbonyl (C=O) groups excluding carboxylic acids is 2. The van der Waals surface area contributed by atoms with Crippen LogP contribution >= 0.6 is 0 Å². The summed E-state index contributed by atoms with van der Waals surface area (Å²) in [5.41, 5.74) is 13.0. The van der Waals surface area contributed by atoms with Crippen LogP contribution in [0.15, 0.2) is 47.6 Å². The summed E-state index contributed by atoms with van der Waals surface area (Å²) in [7, 11) is 0. The molecule has 3 aromatic rings. The smallest absolute Gasteiger partial charge is 0.139 e. The molecule has 17 aliphatic carbocycles. The molecule has 14 saturated carbocycles. The van der Waals surface area contributed by atoms with Crippen LogP contribution in [0.5, 0.6) is 17.2 Å². The maximum Gasteiger partial charge on any atom is 0.139 e. The number of aryl methyl sites for hydroxylation is 3. The number of carbonyl (C=O) groups is 2. The summed E-state index contributed by atoms with van der Waals surface area (Å²) in [6.45, 7) is 6.86. The van der Waals surface area contributed by atoms with Crippen molar-refractivity contribution in [2.24, 2.45) is 92.4 Å². The Hall–Kier alpha value is -4.13. The van der Waals surface area contributed by atoms with Gasteiger partial charge < -0.3 is 20.5 Å². The first-order valence-electron chi connectivity index (χ1n) is 33.9. The van der Waals surface area contributed by atoms with E-state index in [0.29, 0.717) is 82.1 Å². The van der Waals surface area contributed by atoms with E-state index in [1.54, 1.807) is 11.1 Å². The molecule has 84 heavy (non-hydrogen) atoms. The second-order valence-corrected chi connectivity index (χ2v) is 32.5. The van der Waals surface area contributed by atoms with E-state index in [1.165, 1.54) is 149 Å². The zero-order valence-corrected chi connectivity index (χ0v) is 49.5. The van der Waals surface area contributed by atoms with Crippen molar-refractivity contribution < 1.29 is 30.1 Å². The number of benzene rings is 3. The summed E-state index contributed by atoms with van der Waals surface area (Å²) in [5.74, 6) is 13.8. The molecule has 7 nitrogen and oxygen atoms in total. The van der Waals surface area contributed by atoms with Crippen molar-refractivity contribution in [3.8, 4) is 17.2 Å². The molecule has 9 unspecified atom stereocenters. The predicted molar refractivity (Wildman–Crippen MR) is 337 cm³/mol. The van der Waals surface area contributed by atoms with Crippen molar-refractivity contribution in [2.75, 3.05) is 0 Å². The molecule has 0 spiro atoms. The van der Waals surface area contributed by atoms with E-state index in [-0.39, 0.29) is 49.4 Å². The molecule has 0 heterocycles. The van der Waals surface area contributed by atoms with E-state index in [0.717, 1.165) is 118 Å². The minimum absolute atomic E-state index is 0. The van der Waals surface area contributed by atoms with Crippen LogP contribution in [0.25, 0.3) is 0 Å². The Balaban J connectivity index is 0.000000118. The van der Waals surface area contributed by atoms with E-state index < -0.39 is 0 Å². The molecule has 4 N–H and O–H groups in total. The monoisotopic (exact) mass is 1140 g/mol. The number of fused-ring (bicyclic) bond motifs is 15. The quantitative estimate of drug-likeness (QED) is 0.150. The summed E-state index contributed by atoms with van der Waals surface area (Å²) in [6, 6.07) is 15.3. The molecule has 0 saturated heterocycles. The standard InChI is InChI=1S/C28H37NO2.C28H36O2.C18H22O2.3CH4/c1-27-7-6-20-21(23(27)4-5-26(27)29-31)3-2-19-11-25(30)24(12-22(19)20)28-13-16-8-17(14-28)10-18(9-16)15-28;1-27-7-6-20-21(23(27)4-5-26(27)30)3-2-19-11-25(29)24(12-22(19)20)28-13-16-8-17(14-28)10-18(9-16)15-28;1-18-9-8-14-13-5-3-12(19)10-11(13)2-4-15(14)16(18)6-7-17(18)20;;;/h11-12,16-18,20-21,23,30-31H,2-10,13-15H2,1H3;11-12,16-18,20-21,23,29H,2-10,13-15H2,1H3;3,5,10,14-16,19H,2,4,6-9H2,1H3;3*1H4/b29-26+;;;;;/t2*16?,17?,18?,20?,21?,23?,27-,28?;14?,15?,16?,18-;;;/m000.../s1. The van der Waals surface area contributed by atoms with Gasteiger partial charge in [-0.15, -0.1) is 0 Å². The minimum Gasteiger partial charge on any atom is -0.508 e. The van der Waals surface area contributed by atoms with Gasteiger partial charge in [-0.25, -0.2) is 0 Å². The van der Waals surface area contributed by atoms with E-state index in [9.17, 15) is 30.1 Å². The molecule has 8 bridgehead atoms. The average molecular weight is 1140 g/mol. The zero-order chi connectivity index (χ0) is 55.1. The molecule has 0 aliphatic heterocycles. The van der Waals surface area contributed by atoms with Gasteiger partial charge in [0, 0.05) is 40.2 Å². The second kappa shape index (κ2) is 21.0. The van der Waals surface area contributed by atoms with Gasteiger partial charge in [-0.1, -0.05) is 66.4 Å². The normalized spacial score (nSPS) is 44.5. The zero-order valence-electron chi connectivity index (χ0n) is 49.5. The first-order chi connectivity index (χ1) is 39.0. The number of hydrogen-bond donors (Lipinski definition) is 4. The molecular formula is C77H107NO6. The molecule has 0 amide bonds. The number of phenolic OH excluding ortho intramolecular Hbond substituents is 3. The maximum absolute atomic E-state index is 12.7. The van der Waals surface area contributed by atoms with Crippen molar-refractivity contribution >= 4 is 17.3 Å². The molecule has 14 fully saturated rings. The first-order valence-corrected chi connectivity index (χ1v) is 33.9. The third-order valence-corrected chi connectivity index (χ3v) is 28.9. The van der Waals surface area contributed by atoms with Gasteiger partial charge in [-0.3, -0.25) is 9.59 Å². The van der Waals surface area contributed by atoms with Crippen LogP contribution in [-0.2, 0) is 39.7 Å². The predicted octanol–water partition coefficient (Wildman–Crippen LogP) is 18.6. The van der Waals surface area contributed by atoms with Crippen molar-refractivity contribution in [3.05, 3.63) is 87.0 Å². The third-order valence-electron chi connectivity index (χ3n) is 28.9. The van der Waals surface area contributed by atoms with Gasteiger partial charge in [-0.05, 0) is 337 Å². The topological polar surface area (TPSA) is 127 Å². The molecule has 12 atom stereocenters. The van der Waals surface area contributed by atoms with Gasteiger partial charge in [0.2, 0.25) is 0 Å². The Kier molecular flexibility index (Phi) is 14.7. The molecule has 17 aliphatic rings. The van der Waals surface area contributed by atoms with Crippen LogP contribution in [0.2, 0.25) is 0 Å². The Bertz CT molecular complexity index is 3040. The van der Waals surface area contributed by atoms with Crippen LogP contribution in [-0.4, -0.2) is 37.8 Å². The third kappa shape index (κ3) is 8.78. The number of nitrogens with zero attached hydrogens (tertiary/aromatic N) is 1. The molecule has 0 radical (unpaired) electrons. The lowest BCUT2D eigenvalue weighted by Gasteiger charge is -2.57. The Morgan fingerprint density at radius 1 is 0.417 bits per heavy atom. The van der Waals surface area contributed by atoms with Crippen LogP contribution < -0.4 is 0 Å². The maximum atomic E-state index is 12.7. The average Bonchev–Trinajstić information content (AvgIpc) is 1.05. The van der Waals surface area contributed by atoms with Crippen molar-refractivity contribution in [3.63, 3.8) is 0 Å². The highest BCUT2D eigenvalue weighted by molar-refractivity contribution is 5.92. The Morgan fingerprint density at radius 3 is 1.18 bits per heavy atom. The molecule has 0 aromatic heterocycles. The second-order valence-electron chi connectivity index (χ2n) is 32.5. The van der Waals surface area contributed by atoms with Gasteiger partial charge in [0.05, 0.1) is 5.71 Å². The fourth-order valence-corrected chi connectivity index (χ4v) is 26.0. The van der Waals surface area contributed by atoms with Crippen molar-refractivity contribution in [2.45, 2.75) is 264 Å². The SMILES string of the molecule is C.C.C.C[C@]12CCC3c4cc(C56CC7CC(CC(C7)C5)C6)c(O)cc4CCC3C1CC/C2=N\O.C[C@]12CCC3c4cc(C56CC7CC(CC(C7)C5)C6)c(O)cc4CCC3C1CCC2=O.C[C@]12CCC3c4ccc(O)cc4CCC3C1CCC2=O. The van der Waals surface area contributed by atoms with Gasteiger partial charge in [-0.2, -0.15) is 0 Å². The van der Waals surface area contributed by atoms with Crippen molar-refractivity contribution in [1.29, 1.82) is 0 Å². The van der Waals surface area contributed by atoms with Gasteiger partial charge in [0.15, 0.2) is 0 Å². The van der Waals surface area contributed by atoms with E-state index in [1.807, 2.05) is 12.1 Å². The summed E-state index contributed by atoms with van der Waals surface area (Å²) in [6.07, 6.45) is 36.2. The molecule has 3 aromatic carbocycles. The highest BCUT2D eigenvalue weighted by atomic mass is 16.4. The minimum atomic E-state index is -0.0433. The number of Topliss-reactive ketones (excluding diaryl/α,β-unsaturated/α-hetero) is 2. The lowest BCUT2D eigenvalue weighted by Crippen LogP contribution is -2.48. The highest BCUT2D eigenvalue weighted by Crippen LogP contribution is 2.67. The van der Waals surface area contributed by atoms with Crippen LogP contribution in [0.1, 0.15) is 279 Å². The molecule has 456 valence electrons. The van der Waals surface area contributed by atoms with E-state index in [2.05, 4.69) is 56.3 Å². The van der Waals surface area contributed by atoms with Gasteiger partial charge in [0.1, 0.15) is 28.8 Å². The van der Waals surface area contributed by atoms with Crippen LogP contribution in [0, 0.1) is 87.3 Å². The number of aromatic hydroxyl groups is 3. The first kappa shape index (κ1) is 58.9. The highest BCUT2D eigenvalue weighted by Gasteiger charge is 2.59. The number of rotatable bonds is 2. The van der Waals surface area contributed by atoms with E-state index >= 15 is 0 Å². The number of hydrogen-bond acceptors (Lipinski definition) is 7. The Labute approximate surface area is 505 Å². The summed E-state index contributed by atoms with van der Waals surface area (Å²) in [4.78, 5) is 24.9. The number of oxime groups is 1. The summed E-state index contributed by atoms with van der Waals surface area (Å²) in [5, 5.41) is 45.5. The lowest BCUT2D eigenvalue weighted by molar-refractivity contribution is -0.130. The molecule has 20 rings (SSSR count). The van der Waals surface area contributed by atoms with Gasteiger partial charge >= 0.3 is 0 Å². The molecular weight excluding hydrogens is 1030 g/mol.